The molecule has 0 radical (unpaired) electrons. The van der Waals surface area contributed by atoms with Crippen molar-refractivity contribution in [3.05, 3.63) is 29.6 Å². The van der Waals surface area contributed by atoms with Gasteiger partial charge in [0.05, 0.1) is 5.69 Å². The molecule has 1 aliphatic heterocycles. The molecule has 18 heavy (non-hydrogen) atoms. The molecule has 0 aromatic heterocycles. The summed E-state index contributed by atoms with van der Waals surface area (Å²) in [5.41, 5.74) is 7.03. The van der Waals surface area contributed by atoms with E-state index in [0.717, 1.165) is 25.1 Å². The van der Waals surface area contributed by atoms with Crippen LogP contribution in [0.25, 0.3) is 0 Å². The Balaban J connectivity index is 2.15. The summed E-state index contributed by atoms with van der Waals surface area (Å²) in [7, 11) is 4.10. The molecule has 2 rings (SSSR count). The van der Waals surface area contributed by atoms with E-state index in [1.807, 2.05) is 19.2 Å². The lowest BCUT2D eigenvalue weighted by Gasteiger charge is -2.37. The predicted octanol–water partition coefficient (Wildman–Crippen LogP) is 1.81. The summed E-state index contributed by atoms with van der Waals surface area (Å²) in [6.07, 6.45) is 2.30. The third-order valence-electron chi connectivity index (χ3n) is 3.78. The molecular weight excluding hydrogens is 229 g/mol. The fourth-order valence-electron chi connectivity index (χ4n) is 2.62. The Morgan fingerprint density at radius 1 is 1.50 bits per heavy atom. The molecular formula is C14H22FN3. The van der Waals surface area contributed by atoms with Crippen molar-refractivity contribution in [1.82, 2.24) is 4.90 Å². The maximum absolute atomic E-state index is 14.0. The average Bonchev–Trinajstić information content (AvgIpc) is 2.37. The lowest BCUT2D eigenvalue weighted by atomic mass is 10.0. The summed E-state index contributed by atoms with van der Waals surface area (Å²) >= 11 is 0. The molecule has 0 spiro atoms. The Morgan fingerprint density at radius 2 is 2.28 bits per heavy atom. The minimum atomic E-state index is -0.173. The smallest absolute Gasteiger partial charge is 0.146 e. The third-order valence-corrected chi connectivity index (χ3v) is 3.78. The van der Waals surface area contributed by atoms with Gasteiger partial charge in [0.25, 0.3) is 0 Å². The second-order valence-corrected chi connectivity index (χ2v) is 5.16. The van der Waals surface area contributed by atoms with Crippen molar-refractivity contribution in [3.8, 4) is 0 Å². The number of piperidine rings is 1. The zero-order valence-electron chi connectivity index (χ0n) is 11.2. The Morgan fingerprint density at radius 3 is 2.89 bits per heavy atom. The van der Waals surface area contributed by atoms with Gasteiger partial charge in [-0.1, -0.05) is 6.07 Å². The highest BCUT2D eigenvalue weighted by molar-refractivity contribution is 5.49. The second-order valence-electron chi connectivity index (χ2n) is 5.16. The van der Waals surface area contributed by atoms with Crippen molar-refractivity contribution >= 4 is 5.69 Å². The maximum atomic E-state index is 14.0. The molecule has 1 aromatic rings. The van der Waals surface area contributed by atoms with Crippen LogP contribution in [0.2, 0.25) is 0 Å². The maximum Gasteiger partial charge on any atom is 0.146 e. The van der Waals surface area contributed by atoms with Crippen LogP contribution in [-0.4, -0.2) is 38.1 Å². The number of nitrogens with two attached hydrogens (primary N) is 1. The third kappa shape index (κ3) is 2.82. The van der Waals surface area contributed by atoms with Gasteiger partial charge in [0, 0.05) is 26.2 Å². The summed E-state index contributed by atoms with van der Waals surface area (Å²) in [5, 5.41) is 0. The van der Waals surface area contributed by atoms with Crippen molar-refractivity contribution in [2.75, 3.05) is 32.1 Å². The number of halogens is 1. The molecule has 1 fully saturated rings. The van der Waals surface area contributed by atoms with Crippen molar-refractivity contribution in [2.24, 2.45) is 5.73 Å². The van der Waals surface area contributed by atoms with Gasteiger partial charge in [-0.25, -0.2) is 4.39 Å². The lowest BCUT2D eigenvalue weighted by Crippen LogP contribution is -2.45. The molecule has 100 valence electrons. The van der Waals surface area contributed by atoms with Crippen molar-refractivity contribution in [1.29, 1.82) is 0 Å². The normalized spacial score (nSPS) is 21.0. The van der Waals surface area contributed by atoms with Crippen LogP contribution in [0.1, 0.15) is 18.4 Å². The Hall–Kier alpha value is -1.13. The number of hydrogen-bond acceptors (Lipinski definition) is 3. The monoisotopic (exact) mass is 251 g/mol. The van der Waals surface area contributed by atoms with E-state index in [4.69, 9.17) is 5.73 Å². The molecule has 1 saturated heterocycles. The molecule has 3 nitrogen and oxygen atoms in total. The SMILES string of the molecule is CN1CCCC(N(C)c2ccc(CN)cc2F)C1. The Kier molecular flexibility index (Phi) is 4.19. The van der Waals surface area contributed by atoms with E-state index in [0.29, 0.717) is 18.3 Å². The zero-order chi connectivity index (χ0) is 13.1. The van der Waals surface area contributed by atoms with Crippen molar-refractivity contribution < 1.29 is 4.39 Å². The van der Waals surface area contributed by atoms with E-state index in [9.17, 15) is 4.39 Å². The van der Waals surface area contributed by atoms with Gasteiger partial charge in [-0.15, -0.1) is 0 Å². The molecule has 0 saturated carbocycles. The molecule has 4 heteroatoms. The van der Waals surface area contributed by atoms with Crippen LogP contribution < -0.4 is 10.6 Å². The number of likely N-dealkylation sites (N-methyl/N-ethyl adjacent to an activating group) is 2. The molecule has 0 aliphatic carbocycles. The van der Waals surface area contributed by atoms with Gasteiger partial charge in [0.15, 0.2) is 0 Å². The molecule has 1 aromatic carbocycles. The molecule has 0 amide bonds. The van der Waals surface area contributed by atoms with Crippen molar-refractivity contribution in [3.63, 3.8) is 0 Å². The molecule has 1 unspecified atom stereocenters. The quantitative estimate of drug-likeness (QED) is 0.889. The van der Waals surface area contributed by atoms with E-state index in [1.54, 1.807) is 6.07 Å². The molecule has 1 heterocycles. The van der Waals surface area contributed by atoms with Crippen molar-refractivity contribution in [2.45, 2.75) is 25.4 Å². The van der Waals surface area contributed by atoms with Crippen LogP contribution in [-0.2, 0) is 6.54 Å². The first-order chi connectivity index (χ1) is 8.61. The van der Waals surface area contributed by atoms with Gasteiger partial charge < -0.3 is 15.5 Å². The number of nitrogens with zero attached hydrogens (tertiary/aromatic N) is 2. The molecule has 1 atom stereocenters. The highest BCUT2D eigenvalue weighted by Gasteiger charge is 2.22. The summed E-state index contributed by atoms with van der Waals surface area (Å²) in [6.45, 7) is 2.51. The Bertz CT molecular complexity index is 408. The van der Waals surface area contributed by atoms with Gasteiger partial charge in [0.1, 0.15) is 5.82 Å². The van der Waals surface area contributed by atoms with E-state index >= 15 is 0 Å². The lowest BCUT2D eigenvalue weighted by molar-refractivity contribution is 0.247. The summed E-state index contributed by atoms with van der Waals surface area (Å²) in [6, 6.07) is 5.67. The second kappa shape index (κ2) is 5.67. The van der Waals surface area contributed by atoms with Gasteiger partial charge in [0.2, 0.25) is 0 Å². The fraction of sp³-hybridized carbons (Fsp3) is 0.571. The summed E-state index contributed by atoms with van der Waals surface area (Å²) in [4.78, 5) is 4.36. The van der Waals surface area contributed by atoms with E-state index in [1.165, 1.54) is 6.42 Å². The number of benzene rings is 1. The highest BCUT2D eigenvalue weighted by atomic mass is 19.1. The van der Waals surface area contributed by atoms with Gasteiger partial charge in [-0.3, -0.25) is 0 Å². The zero-order valence-corrected chi connectivity index (χ0v) is 11.2. The van der Waals surface area contributed by atoms with Crippen LogP contribution in [0.3, 0.4) is 0 Å². The van der Waals surface area contributed by atoms with Gasteiger partial charge in [-0.05, 0) is 44.1 Å². The number of rotatable bonds is 3. The average molecular weight is 251 g/mol. The van der Waals surface area contributed by atoms with E-state index < -0.39 is 0 Å². The first-order valence-electron chi connectivity index (χ1n) is 6.51. The minimum Gasteiger partial charge on any atom is -0.368 e. The van der Waals surface area contributed by atoms with E-state index in [2.05, 4.69) is 16.8 Å². The van der Waals surface area contributed by atoms with Gasteiger partial charge in [-0.2, -0.15) is 0 Å². The number of anilines is 1. The minimum absolute atomic E-state index is 0.173. The topological polar surface area (TPSA) is 32.5 Å². The van der Waals surface area contributed by atoms with Crippen LogP contribution in [0.5, 0.6) is 0 Å². The largest absolute Gasteiger partial charge is 0.368 e. The van der Waals surface area contributed by atoms with E-state index in [-0.39, 0.29) is 5.82 Å². The van der Waals surface area contributed by atoms with Crippen LogP contribution in [0.15, 0.2) is 18.2 Å². The molecule has 0 bridgehead atoms. The summed E-state index contributed by atoms with van der Waals surface area (Å²) in [5.74, 6) is -0.173. The fourth-order valence-corrected chi connectivity index (χ4v) is 2.62. The molecule has 1 aliphatic rings. The highest BCUT2D eigenvalue weighted by Crippen LogP contribution is 2.24. The standard InChI is InChI=1S/C14H22FN3/c1-17-7-3-4-12(10-17)18(2)14-6-5-11(9-16)8-13(14)15/h5-6,8,12H,3-4,7,9-10,16H2,1-2H3. The van der Waals surface area contributed by atoms with Crippen LogP contribution in [0.4, 0.5) is 10.1 Å². The molecule has 2 N–H and O–H groups in total. The predicted molar refractivity (Wildman–Crippen MR) is 73.2 cm³/mol. The van der Waals surface area contributed by atoms with Crippen LogP contribution >= 0.6 is 0 Å². The summed E-state index contributed by atoms with van der Waals surface area (Å²) < 4.78 is 14.0. The first-order valence-corrected chi connectivity index (χ1v) is 6.51. The first kappa shape index (κ1) is 13.3. The Labute approximate surface area is 108 Å². The number of likely N-dealkylation sites (tertiary alicyclic amines) is 1. The van der Waals surface area contributed by atoms with Crippen LogP contribution in [0, 0.1) is 5.82 Å². The number of hydrogen-bond donors (Lipinski definition) is 1. The van der Waals surface area contributed by atoms with Gasteiger partial charge >= 0.3 is 0 Å².